The van der Waals surface area contributed by atoms with Gasteiger partial charge in [0.05, 0.1) is 23.1 Å². The molecule has 1 aliphatic heterocycles. The first-order valence-electron chi connectivity index (χ1n) is 8.52. The van der Waals surface area contributed by atoms with Crippen molar-refractivity contribution in [3.05, 3.63) is 47.8 Å². The SMILES string of the molecule is Cc1nc2ccccc2n1CCC(=O)N1CCc2[nH]cnc2C1C(=O)O. The number of fused-ring (bicyclic) bond motifs is 2. The highest BCUT2D eigenvalue weighted by atomic mass is 16.4. The van der Waals surface area contributed by atoms with Gasteiger partial charge in [-0.15, -0.1) is 0 Å². The maximum absolute atomic E-state index is 12.8. The average molecular weight is 353 g/mol. The number of aromatic amines is 1. The van der Waals surface area contributed by atoms with Gasteiger partial charge < -0.3 is 19.6 Å². The first kappa shape index (κ1) is 16.3. The monoisotopic (exact) mass is 353 g/mol. The van der Waals surface area contributed by atoms with Crippen molar-refractivity contribution in [2.24, 2.45) is 0 Å². The molecular formula is C18H19N5O3. The van der Waals surface area contributed by atoms with Crippen molar-refractivity contribution in [2.45, 2.75) is 32.4 Å². The molecule has 8 nitrogen and oxygen atoms in total. The van der Waals surface area contributed by atoms with Crippen LogP contribution in [0.5, 0.6) is 0 Å². The minimum Gasteiger partial charge on any atom is -0.479 e. The number of para-hydroxylation sites is 2. The molecule has 2 N–H and O–H groups in total. The molecule has 3 aromatic rings. The number of imidazole rings is 2. The van der Waals surface area contributed by atoms with E-state index in [-0.39, 0.29) is 12.3 Å². The third kappa shape index (κ3) is 2.63. The van der Waals surface area contributed by atoms with E-state index in [2.05, 4.69) is 15.0 Å². The van der Waals surface area contributed by atoms with Crippen molar-refractivity contribution in [1.82, 2.24) is 24.4 Å². The lowest BCUT2D eigenvalue weighted by molar-refractivity contribution is -0.151. The Kier molecular flexibility index (Phi) is 3.95. The van der Waals surface area contributed by atoms with Gasteiger partial charge in [0.25, 0.3) is 0 Å². The lowest BCUT2D eigenvalue weighted by Crippen LogP contribution is -2.44. The van der Waals surface area contributed by atoms with E-state index in [9.17, 15) is 14.7 Å². The molecule has 1 atom stereocenters. The van der Waals surface area contributed by atoms with Crippen molar-refractivity contribution < 1.29 is 14.7 Å². The van der Waals surface area contributed by atoms with Crippen molar-refractivity contribution in [3.8, 4) is 0 Å². The van der Waals surface area contributed by atoms with Crippen LogP contribution in [0.15, 0.2) is 30.6 Å². The summed E-state index contributed by atoms with van der Waals surface area (Å²) in [5, 5.41) is 9.60. The number of benzene rings is 1. The Morgan fingerprint density at radius 1 is 1.35 bits per heavy atom. The summed E-state index contributed by atoms with van der Waals surface area (Å²) in [6.45, 7) is 2.73. The second kappa shape index (κ2) is 6.29. The van der Waals surface area contributed by atoms with Crippen LogP contribution >= 0.6 is 0 Å². The van der Waals surface area contributed by atoms with Gasteiger partial charge in [-0.2, -0.15) is 0 Å². The Balaban J connectivity index is 1.54. The third-order valence-electron chi connectivity index (χ3n) is 4.87. The minimum atomic E-state index is -1.06. The molecule has 4 rings (SSSR count). The third-order valence-corrected chi connectivity index (χ3v) is 4.87. The molecule has 8 heteroatoms. The quantitative estimate of drug-likeness (QED) is 0.742. The summed E-state index contributed by atoms with van der Waals surface area (Å²) in [4.78, 5) is 37.5. The number of carboxylic acid groups (broad SMARTS) is 1. The van der Waals surface area contributed by atoms with E-state index in [1.54, 1.807) is 0 Å². The fourth-order valence-corrected chi connectivity index (χ4v) is 3.62. The molecule has 2 aromatic heterocycles. The maximum Gasteiger partial charge on any atom is 0.332 e. The number of H-pyrrole nitrogens is 1. The number of aryl methyl sites for hydroxylation is 2. The first-order valence-corrected chi connectivity index (χ1v) is 8.52. The van der Waals surface area contributed by atoms with Gasteiger partial charge in [0.2, 0.25) is 5.91 Å². The van der Waals surface area contributed by atoms with Crippen LogP contribution in [-0.2, 0) is 22.6 Å². The van der Waals surface area contributed by atoms with Crippen LogP contribution in [0, 0.1) is 6.92 Å². The van der Waals surface area contributed by atoms with Crippen LogP contribution in [-0.4, -0.2) is 47.9 Å². The fraction of sp³-hybridized carbons (Fsp3) is 0.333. The number of carboxylic acids is 1. The molecule has 1 aromatic carbocycles. The summed E-state index contributed by atoms with van der Waals surface area (Å²) >= 11 is 0. The van der Waals surface area contributed by atoms with E-state index in [0.29, 0.717) is 25.2 Å². The molecule has 0 aliphatic carbocycles. The molecule has 0 saturated heterocycles. The molecular weight excluding hydrogens is 334 g/mol. The zero-order valence-corrected chi connectivity index (χ0v) is 14.3. The lowest BCUT2D eigenvalue weighted by atomic mass is 10.0. The zero-order chi connectivity index (χ0) is 18.3. The summed E-state index contributed by atoms with van der Waals surface area (Å²) in [5.74, 6) is -0.416. The molecule has 0 saturated carbocycles. The molecule has 26 heavy (non-hydrogen) atoms. The van der Waals surface area contributed by atoms with Gasteiger partial charge in [0, 0.05) is 31.6 Å². The number of aliphatic carboxylic acids is 1. The minimum absolute atomic E-state index is 0.191. The number of nitrogens with one attached hydrogen (secondary N) is 1. The Bertz CT molecular complexity index is 990. The molecule has 1 aliphatic rings. The normalized spacial score (nSPS) is 16.7. The average Bonchev–Trinajstić information content (AvgIpc) is 3.22. The largest absolute Gasteiger partial charge is 0.479 e. The number of rotatable bonds is 4. The number of carbonyl (C=O) groups is 2. The summed E-state index contributed by atoms with van der Waals surface area (Å²) < 4.78 is 1.99. The number of hydrogen-bond acceptors (Lipinski definition) is 4. The van der Waals surface area contributed by atoms with Gasteiger partial charge in [-0.1, -0.05) is 12.1 Å². The van der Waals surface area contributed by atoms with Crippen molar-refractivity contribution in [1.29, 1.82) is 0 Å². The predicted molar refractivity (Wildman–Crippen MR) is 93.5 cm³/mol. The fourth-order valence-electron chi connectivity index (χ4n) is 3.62. The maximum atomic E-state index is 12.8. The highest BCUT2D eigenvalue weighted by Crippen LogP contribution is 2.28. The lowest BCUT2D eigenvalue weighted by Gasteiger charge is -2.32. The van der Waals surface area contributed by atoms with Gasteiger partial charge in [0.15, 0.2) is 6.04 Å². The topological polar surface area (TPSA) is 104 Å². The van der Waals surface area contributed by atoms with Gasteiger partial charge >= 0.3 is 5.97 Å². The van der Waals surface area contributed by atoms with Gasteiger partial charge in [0.1, 0.15) is 5.82 Å². The number of aromatic nitrogens is 4. The van der Waals surface area contributed by atoms with Crippen molar-refractivity contribution in [2.75, 3.05) is 6.54 Å². The van der Waals surface area contributed by atoms with E-state index in [0.717, 1.165) is 22.6 Å². The summed E-state index contributed by atoms with van der Waals surface area (Å²) in [5.41, 5.74) is 3.08. The van der Waals surface area contributed by atoms with E-state index in [1.807, 2.05) is 35.8 Å². The van der Waals surface area contributed by atoms with Crippen LogP contribution in [0.25, 0.3) is 11.0 Å². The van der Waals surface area contributed by atoms with Gasteiger partial charge in [-0.25, -0.2) is 14.8 Å². The van der Waals surface area contributed by atoms with Gasteiger partial charge in [-0.3, -0.25) is 4.79 Å². The van der Waals surface area contributed by atoms with Gasteiger partial charge in [-0.05, 0) is 19.1 Å². The highest BCUT2D eigenvalue weighted by Gasteiger charge is 2.37. The zero-order valence-electron chi connectivity index (χ0n) is 14.3. The Labute approximate surface area is 149 Å². The van der Waals surface area contributed by atoms with Crippen LogP contribution < -0.4 is 0 Å². The van der Waals surface area contributed by atoms with Crippen molar-refractivity contribution in [3.63, 3.8) is 0 Å². The van der Waals surface area contributed by atoms with E-state index < -0.39 is 12.0 Å². The molecule has 0 radical (unpaired) electrons. The predicted octanol–water partition coefficient (Wildman–Crippen LogP) is 1.67. The Morgan fingerprint density at radius 3 is 2.96 bits per heavy atom. The number of hydrogen-bond donors (Lipinski definition) is 2. The second-order valence-corrected chi connectivity index (χ2v) is 6.39. The van der Waals surface area contributed by atoms with Crippen LogP contribution in [0.1, 0.15) is 29.7 Å². The molecule has 0 spiro atoms. The smallest absolute Gasteiger partial charge is 0.332 e. The molecule has 1 unspecified atom stereocenters. The van der Waals surface area contributed by atoms with E-state index in [4.69, 9.17) is 0 Å². The Hall–Kier alpha value is -3.16. The van der Waals surface area contributed by atoms with E-state index in [1.165, 1.54) is 11.2 Å². The van der Waals surface area contributed by atoms with Crippen LogP contribution in [0.2, 0.25) is 0 Å². The summed E-state index contributed by atoms with van der Waals surface area (Å²) in [6, 6.07) is 6.74. The molecule has 0 fully saturated rings. The highest BCUT2D eigenvalue weighted by molar-refractivity contribution is 5.85. The molecule has 0 bridgehead atoms. The Morgan fingerprint density at radius 2 is 2.15 bits per heavy atom. The number of amides is 1. The number of carbonyl (C=O) groups excluding carboxylic acids is 1. The van der Waals surface area contributed by atoms with Crippen LogP contribution in [0.4, 0.5) is 0 Å². The first-order chi connectivity index (χ1) is 12.6. The summed E-state index contributed by atoms with van der Waals surface area (Å²) in [7, 11) is 0. The standard InChI is InChI=1S/C18H19N5O3/c1-11-21-12-4-2-3-5-14(12)22(11)9-7-15(24)23-8-6-13-16(20-10-19-13)17(23)18(25)26/h2-5,10,17H,6-9H2,1H3,(H,19,20)(H,25,26). The molecule has 1 amide bonds. The van der Waals surface area contributed by atoms with Crippen molar-refractivity contribution >= 4 is 22.9 Å². The summed E-state index contributed by atoms with van der Waals surface area (Å²) in [6.07, 6.45) is 2.28. The molecule has 3 heterocycles. The van der Waals surface area contributed by atoms with E-state index >= 15 is 0 Å². The number of nitrogens with zero attached hydrogens (tertiary/aromatic N) is 4. The molecule has 134 valence electrons. The second-order valence-electron chi connectivity index (χ2n) is 6.39. The van der Waals surface area contributed by atoms with Crippen LogP contribution in [0.3, 0.4) is 0 Å².